The summed E-state index contributed by atoms with van der Waals surface area (Å²) in [7, 11) is -1.73. The highest BCUT2D eigenvalue weighted by atomic mass is 32.2. The number of hydrogen-bond donors (Lipinski definition) is 0. The van der Waals surface area contributed by atoms with Gasteiger partial charge in [0.2, 0.25) is 10.0 Å². The molecule has 0 aromatic heterocycles. The molecule has 0 aliphatic carbocycles. The maximum Gasteiger partial charge on any atom is 0.218 e. The van der Waals surface area contributed by atoms with Crippen molar-refractivity contribution in [3.8, 4) is 0 Å². The molecule has 0 saturated carbocycles. The van der Waals surface area contributed by atoms with Gasteiger partial charge in [-0.1, -0.05) is 12.1 Å². The number of piperidine rings is 1. The number of nitrogens with zero attached hydrogens (tertiary/aromatic N) is 1. The molecule has 116 valence electrons. The van der Waals surface area contributed by atoms with Crippen molar-refractivity contribution in [1.82, 2.24) is 4.31 Å². The van der Waals surface area contributed by atoms with E-state index in [9.17, 15) is 12.8 Å². The van der Waals surface area contributed by atoms with Gasteiger partial charge in [-0.3, -0.25) is 0 Å². The van der Waals surface area contributed by atoms with Gasteiger partial charge in [-0.2, -0.15) is 4.31 Å². The molecule has 2 saturated heterocycles. The Bertz CT molecular complexity index is 605. The Kier molecular flexibility index (Phi) is 4.03. The van der Waals surface area contributed by atoms with Gasteiger partial charge in [0.05, 0.1) is 11.9 Å². The third-order valence-electron chi connectivity index (χ3n) is 4.52. The topological polar surface area (TPSA) is 46.6 Å². The third kappa shape index (κ3) is 2.98. The highest BCUT2D eigenvalue weighted by Gasteiger charge is 2.46. The first kappa shape index (κ1) is 14.9. The molecule has 4 nitrogen and oxygen atoms in total. The second-order valence-electron chi connectivity index (χ2n) is 5.93. The standard InChI is InChI=1S/C15H20FNO3S/c1-20-15-8-13-5-6-14(9-15)17(13)21(18,19)10-11-3-2-4-12(16)7-11/h2-4,7,13-15H,5-6,8-10H2,1H3/t13-,14+,15?. The Morgan fingerprint density at radius 1 is 1.29 bits per heavy atom. The van der Waals surface area contributed by atoms with Crippen LogP contribution in [0.1, 0.15) is 31.2 Å². The highest BCUT2D eigenvalue weighted by molar-refractivity contribution is 7.88. The molecule has 1 aromatic rings. The van der Waals surface area contributed by atoms with E-state index in [2.05, 4.69) is 0 Å². The lowest BCUT2D eigenvalue weighted by molar-refractivity contribution is 0.0349. The molecular formula is C15H20FNO3S. The maximum atomic E-state index is 13.2. The SMILES string of the molecule is COC1C[C@H]2CC[C@@H](C1)N2S(=O)(=O)Cc1cccc(F)c1. The molecule has 21 heavy (non-hydrogen) atoms. The number of halogens is 1. The fourth-order valence-electron chi connectivity index (χ4n) is 3.64. The lowest BCUT2D eigenvalue weighted by Crippen LogP contribution is -2.48. The largest absolute Gasteiger partial charge is 0.381 e. The normalized spacial score (nSPS) is 29.7. The summed E-state index contributed by atoms with van der Waals surface area (Å²) in [5, 5.41) is 0. The summed E-state index contributed by atoms with van der Waals surface area (Å²) < 4.78 is 45.6. The molecule has 0 spiro atoms. The fraction of sp³-hybridized carbons (Fsp3) is 0.600. The van der Waals surface area contributed by atoms with Crippen LogP contribution in [0, 0.1) is 5.82 Å². The van der Waals surface area contributed by atoms with Crippen molar-refractivity contribution in [2.45, 2.75) is 49.6 Å². The zero-order chi connectivity index (χ0) is 15.0. The minimum atomic E-state index is -3.41. The van der Waals surface area contributed by atoms with E-state index >= 15 is 0 Å². The van der Waals surface area contributed by atoms with E-state index in [0.29, 0.717) is 5.56 Å². The minimum absolute atomic E-state index is 0.0345. The Morgan fingerprint density at radius 2 is 1.95 bits per heavy atom. The van der Waals surface area contributed by atoms with Crippen molar-refractivity contribution < 1.29 is 17.5 Å². The van der Waals surface area contributed by atoms with Crippen molar-refractivity contribution in [3.05, 3.63) is 35.6 Å². The summed E-state index contributed by atoms with van der Waals surface area (Å²) in [4.78, 5) is 0. The Hall–Kier alpha value is -0.980. The summed E-state index contributed by atoms with van der Waals surface area (Å²) in [5.41, 5.74) is 0.503. The van der Waals surface area contributed by atoms with E-state index in [1.54, 1.807) is 23.5 Å². The Balaban J connectivity index is 1.80. The molecule has 2 aliphatic rings. The molecule has 0 radical (unpaired) electrons. The summed E-state index contributed by atoms with van der Waals surface area (Å²) in [6.07, 6.45) is 3.47. The van der Waals surface area contributed by atoms with Gasteiger partial charge in [-0.15, -0.1) is 0 Å². The van der Waals surface area contributed by atoms with Crippen molar-refractivity contribution in [2.75, 3.05) is 7.11 Å². The molecule has 6 heteroatoms. The average Bonchev–Trinajstić information content (AvgIpc) is 2.71. The molecule has 0 amide bonds. The van der Waals surface area contributed by atoms with Gasteiger partial charge in [-0.25, -0.2) is 12.8 Å². The van der Waals surface area contributed by atoms with Crippen LogP contribution in [-0.2, 0) is 20.5 Å². The third-order valence-corrected chi connectivity index (χ3v) is 6.45. The Morgan fingerprint density at radius 3 is 2.52 bits per heavy atom. The summed E-state index contributed by atoms with van der Waals surface area (Å²) in [6.45, 7) is 0. The smallest absolute Gasteiger partial charge is 0.218 e. The summed E-state index contributed by atoms with van der Waals surface area (Å²) in [5.74, 6) is -0.529. The number of hydrogen-bond acceptors (Lipinski definition) is 3. The molecule has 0 N–H and O–H groups in total. The second kappa shape index (κ2) is 5.66. The number of benzene rings is 1. The minimum Gasteiger partial charge on any atom is -0.381 e. The molecule has 3 rings (SSSR count). The zero-order valence-corrected chi connectivity index (χ0v) is 12.9. The Labute approximate surface area is 125 Å². The first-order valence-electron chi connectivity index (χ1n) is 7.28. The number of sulfonamides is 1. The van der Waals surface area contributed by atoms with Crippen molar-refractivity contribution in [2.24, 2.45) is 0 Å². The number of ether oxygens (including phenoxy) is 1. The van der Waals surface area contributed by atoms with Gasteiger partial charge in [0.25, 0.3) is 0 Å². The molecule has 2 bridgehead atoms. The van der Waals surface area contributed by atoms with Gasteiger partial charge in [-0.05, 0) is 43.4 Å². The van der Waals surface area contributed by atoms with Crippen LogP contribution in [0.3, 0.4) is 0 Å². The maximum absolute atomic E-state index is 13.2. The molecule has 1 unspecified atom stereocenters. The van der Waals surface area contributed by atoms with Gasteiger partial charge in [0.15, 0.2) is 0 Å². The number of fused-ring (bicyclic) bond motifs is 2. The molecule has 2 aliphatic heterocycles. The van der Waals surface area contributed by atoms with E-state index in [-0.39, 0.29) is 23.9 Å². The quantitative estimate of drug-likeness (QED) is 0.857. The van der Waals surface area contributed by atoms with Gasteiger partial charge in [0, 0.05) is 19.2 Å². The van der Waals surface area contributed by atoms with Gasteiger partial charge >= 0.3 is 0 Å². The van der Waals surface area contributed by atoms with E-state index < -0.39 is 15.8 Å². The summed E-state index contributed by atoms with van der Waals surface area (Å²) >= 11 is 0. The summed E-state index contributed by atoms with van der Waals surface area (Å²) in [6, 6.07) is 5.89. The van der Waals surface area contributed by atoms with Crippen LogP contribution in [0.5, 0.6) is 0 Å². The average molecular weight is 313 g/mol. The first-order valence-corrected chi connectivity index (χ1v) is 8.89. The van der Waals surface area contributed by atoms with Crippen molar-refractivity contribution in [3.63, 3.8) is 0 Å². The number of methoxy groups -OCH3 is 1. The molecule has 2 heterocycles. The molecule has 2 fully saturated rings. The van der Waals surface area contributed by atoms with Crippen LogP contribution < -0.4 is 0 Å². The van der Waals surface area contributed by atoms with Crippen LogP contribution >= 0.6 is 0 Å². The highest BCUT2D eigenvalue weighted by Crippen LogP contribution is 2.39. The van der Waals surface area contributed by atoms with Crippen LogP contribution in [0.4, 0.5) is 4.39 Å². The lowest BCUT2D eigenvalue weighted by Gasteiger charge is -2.37. The van der Waals surface area contributed by atoms with Gasteiger partial charge in [0.1, 0.15) is 5.82 Å². The monoisotopic (exact) mass is 313 g/mol. The van der Waals surface area contributed by atoms with E-state index in [4.69, 9.17) is 4.74 Å². The predicted octanol–water partition coefficient (Wildman–Crippen LogP) is 2.30. The van der Waals surface area contributed by atoms with Crippen LogP contribution in [0.15, 0.2) is 24.3 Å². The van der Waals surface area contributed by atoms with E-state index in [0.717, 1.165) is 25.7 Å². The predicted molar refractivity (Wildman–Crippen MR) is 77.7 cm³/mol. The molecular weight excluding hydrogens is 293 g/mol. The fourth-order valence-corrected chi connectivity index (χ4v) is 5.68. The van der Waals surface area contributed by atoms with E-state index in [1.165, 1.54) is 12.1 Å². The second-order valence-corrected chi connectivity index (χ2v) is 7.80. The van der Waals surface area contributed by atoms with Crippen LogP contribution in [0.25, 0.3) is 0 Å². The zero-order valence-electron chi connectivity index (χ0n) is 12.0. The number of rotatable bonds is 4. The lowest BCUT2D eigenvalue weighted by atomic mass is 10.0. The molecule has 1 aromatic carbocycles. The van der Waals surface area contributed by atoms with Crippen LogP contribution in [-0.4, -0.2) is 38.0 Å². The first-order chi connectivity index (χ1) is 9.99. The molecule has 3 atom stereocenters. The van der Waals surface area contributed by atoms with Crippen LogP contribution in [0.2, 0.25) is 0 Å². The van der Waals surface area contributed by atoms with Crippen molar-refractivity contribution in [1.29, 1.82) is 0 Å². The van der Waals surface area contributed by atoms with E-state index in [1.807, 2.05) is 0 Å². The van der Waals surface area contributed by atoms with Crippen molar-refractivity contribution >= 4 is 10.0 Å². The van der Waals surface area contributed by atoms with Gasteiger partial charge < -0.3 is 4.74 Å².